The summed E-state index contributed by atoms with van der Waals surface area (Å²) < 4.78 is 0. The summed E-state index contributed by atoms with van der Waals surface area (Å²) in [7, 11) is 0. The second kappa shape index (κ2) is 12.6. The van der Waals surface area contributed by atoms with Crippen LogP contribution in [0.5, 0.6) is 0 Å². The molecule has 2 heterocycles. The van der Waals surface area contributed by atoms with Crippen LogP contribution in [0.3, 0.4) is 0 Å². The maximum atomic E-state index is 3.22. The molecule has 2 saturated heterocycles. The van der Waals surface area contributed by atoms with Gasteiger partial charge in [-0.25, -0.2) is 0 Å². The van der Waals surface area contributed by atoms with Gasteiger partial charge in [0, 0.05) is 52.4 Å². The summed E-state index contributed by atoms with van der Waals surface area (Å²) in [5, 5.41) is 12.9. The van der Waals surface area contributed by atoms with Crippen molar-refractivity contribution in [3.8, 4) is 0 Å². The molecule has 0 saturated carbocycles. The van der Waals surface area contributed by atoms with Crippen molar-refractivity contribution >= 4 is 0 Å². The largest absolute Gasteiger partial charge is 0.314 e. The van der Waals surface area contributed by atoms with Crippen LogP contribution in [0, 0.1) is 0 Å². The number of nitrogens with one attached hydrogen (secondary N) is 4. The Morgan fingerprint density at radius 1 is 0.429 bits per heavy atom. The Hall–Kier alpha value is -0.420. The highest BCUT2D eigenvalue weighted by molar-refractivity contribution is 4.59. The van der Waals surface area contributed by atoms with Crippen LogP contribution < -0.4 is 21.3 Å². The fourth-order valence-electron chi connectivity index (χ4n) is 1.21. The van der Waals surface area contributed by atoms with Crippen molar-refractivity contribution in [3.63, 3.8) is 0 Å². The SMILES string of the molecule is C1CNCCN1.C1CNCCN1.C=C. The molecule has 2 rings (SSSR count). The summed E-state index contributed by atoms with van der Waals surface area (Å²) in [6, 6.07) is 0. The quantitative estimate of drug-likeness (QED) is 0.385. The Labute approximate surface area is 87.5 Å². The van der Waals surface area contributed by atoms with Gasteiger partial charge in [0.15, 0.2) is 0 Å². The lowest BCUT2D eigenvalue weighted by molar-refractivity contribution is 0.534. The zero-order chi connectivity index (χ0) is 10.5. The van der Waals surface area contributed by atoms with Gasteiger partial charge < -0.3 is 21.3 Å². The Kier molecular flexibility index (Phi) is 12.2. The van der Waals surface area contributed by atoms with E-state index in [1.807, 2.05) is 0 Å². The van der Waals surface area contributed by atoms with Gasteiger partial charge in [0.25, 0.3) is 0 Å². The van der Waals surface area contributed by atoms with E-state index < -0.39 is 0 Å². The van der Waals surface area contributed by atoms with Crippen LogP contribution in [0.15, 0.2) is 13.2 Å². The van der Waals surface area contributed by atoms with Crippen LogP contribution in [0.25, 0.3) is 0 Å². The standard InChI is InChI=1S/2C4H10N2.C2H4/c2*1-2-6-4-3-5-1;1-2/h2*5-6H,1-4H2;1-2H2. The van der Waals surface area contributed by atoms with Crippen molar-refractivity contribution in [2.45, 2.75) is 0 Å². The van der Waals surface area contributed by atoms with Crippen LogP contribution in [-0.4, -0.2) is 52.4 Å². The van der Waals surface area contributed by atoms with Crippen molar-refractivity contribution in [2.24, 2.45) is 0 Å². The molecule has 84 valence electrons. The predicted molar refractivity (Wildman–Crippen MR) is 62.7 cm³/mol. The van der Waals surface area contributed by atoms with E-state index in [0.717, 1.165) is 52.4 Å². The predicted octanol–water partition coefficient (Wildman–Crippen LogP) is -0.839. The Morgan fingerprint density at radius 3 is 0.643 bits per heavy atom. The lowest BCUT2D eigenvalue weighted by atomic mass is 10.4. The first-order valence-corrected chi connectivity index (χ1v) is 5.33. The van der Waals surface area contributed by atoms with Crippen LogP contribution >= 0.6 is 0 Å². The van der Waals surface area contributed by atoms with E-state index in [1.54, 1.807) is 0 Å². The Bertz CT molecular complexity index is 65.3. The van der Waals surface area contributed by atoms with Crippen molar-refractivity contribution in [3.05, 3.63) is 13.2 Å². The molecule has 2 aliphatic heterocycles. The molecule has 0 amide bonds. The maximum Gasteiger partial charge on any atom is 0.00772 e. The summed E-state index contributed by atoms with van der Waals surface area (Å²) in [4.78, 5) is 0. The van der Waals surface area contributed by atoms with E-state index in [0.29, 0.717) is 0 Å². The van der Waals surface area contributed by atoms with Crippen molar-refractivity contribution in [1.29, 1.82) is 0 Å². The monoisotopic (exact) mass is 200 g/mol. The maximum absolute atomic E-state index is 3.22. The molecule has 0 atom stereocenters. The van der Waals surface area contributed by atoms with E-state index in [-0.39, 0.29) is 0 Å². The van der Waals surface area contributed by atoms with Gasteiger partial charge in [-0.1, -0.05) is 0 Å². The average molecular weight is 200 g/mol. The molecule has 4 N–H and O–H groups in total. The van der Waals surface area contributed by atoms with Gasteiger partial charge in [0.1, 0.15) is 0 Å². The highest BCUT2D eigenvalue weighted by Crippen LogP contribution is 1.65. The minimum Gasteiger partial charge on any atom is -0.314 e. The van der Waals surface area contributed by atoms with E-state index in [4.69, 9.17) is 0 Å². The smallest absolute Gasteiger partial charge is 0.00772 e. The number of hydrogen-bond acceptors (Lipinski definition) is 4. The van der Waals surface area contributed by atoms with Crippen LogP contribution in [0.2, 0.25) is 0 Å². The molecule has 0 spiro atoms. The molecule has 2 aliphatic rings. The molecule has 0 unspecified atom stereocenters. The van der Waals surface area contributed by atoms with Crippen LogP contribution in [0.1, 0.15) is 0 Å². The average Bonchev–Trinajstić information content (AvgIpc) is 2.37. The van der Waals surface area contributed by atoms with Crippen molar-refractivity contribution < 1.29 is 0 Å². The molecule has 14 heavy (non-hydrogen) atoms. The lowest BCUT2D eigenvalue weighted by Gasteiger charge is -2.11. The highest BCUT2D eigenvalue weighted by atomic mass is 15.0. The van der Waals surface area contributed by atoms with Gasteiger partial charge >= 0.3 is 0 Å². The molecule has 4 heteroatoms. The third-order valence-electron chi connectivity index (χ3n) is 1.91. The molecule has 4 nitrogen and oxygen atoms in total. The van der Waals surface area contributed by atoms with Crippen LogP contribution in [-0.2, 0) is 0 Å². The second-order valence-electron chi connectivity index (χ2n) is 3.00. The molecule has 0 aromatic carbocycles. The normalized spacial score (nSPS) is 20.9. The fraction of sp³-hybridized carbons (Fsp3) is 0.800. The van der Waals surface area contributed by atoms with Crippen LogP contribution in [0.4, 0.5) is 0 Å². The molecular formula is C10H24N4. The molecule has 0 radical (unpaired) electrons. The number of piperazine rings is 2. The molecule has 0 bridgehead atoms. The highest BCUT2D eigenvalue weighted by Gasteiger charge is 1.92. The van der Waals surface area contributed by atoms with Gasteiger partial charge in [-0.2, -0.15) is 0 Å². The molecular weight excluding hydrogens is 176 g/mol. The summed E-state index contributed by atoms with van der Waals surface area (Å²) in [5.41, 5.74) is 0. The van der Waals surface area contributed by atoms with Gasteiger partial charge in [0.05, 0.1) is 0 Å². The molecule has 0 aromatic heterocycles. The minimum absolute atomic E-state index is 1.14. The van der Waals surface area contributed by atoms with Crippen molar-refractivity contribution in [1.82, 2.24) is 21.3 Å². The Balaban J connectivity index is 0.000000206. The third kappa shape index (κ3) is 9.67. The summed E-state index contributed by atoms with van der Waals surface area (Å²) in [6.07, 6.45) is 0. The van der Waals surface area contributed by atoms with E-state index >= 15 is 0 Å². The molecule has 0 aromatic rings. The number of hydrogen-bond donors (Lipinski definition) is 4. The third-order valence-corrected chi connectivity index (χ3v) is 1.91. The summed E-state index contributed by atoms with van der Waals surface area (Å²) in [5.74, 6) is 0. The van der Waals surface area contributed by atoms with E-state index in [2.05, 4.69) is 34.4 Å². The zero-order valence-electron chi connectivity index (χ0n) is 9.07. The first kappa shape index (κ1) is 13.6. The van der Waals surface area contributed by atoms with Gasteiger partial charge in [0.2, 0.25) is 0 Å². The molecule has 0 aliphatic carbocycles. The summed E-state index contributed by atoms with van der Waals surface area (Å²) >= 11 is 0. The Morgan fingerprint density at radius 2 is 0.571 bits per heavy atom. The van der Waals surface area contributed by atoms with E-state index in [9.17, 15) is 0 Å². The second-order valence-corrected chi connectivity index (χ2v) is 3.00. The zero-order valence-corrected chi connectivity index (χ0v) is 9.07. The summed E-state index contributed by atoms with van der Waals surface area (Å²) in [6.45, 7) is 15.1. The molecule has 2 fully saturated rings. The van der Waals surface area contributed by atoms with Gasteiger partial charge in [-0.3, -0.25) is 0 Å². The van der Waals surface area contributed by atoms with Gasteiger partial charge in [-0.15, -0.1) is 13.2 Å². The number of rotatable bonds is 0. The fourth-order valence-corrected chi connectivity index (χ4v) is 1.21. The van der Waals surface area contributed by atoms with Gasteiger partial charge in [-0.05, 0) is 0 Å². The first-order valence-electron chi connectivity index (χ1n) is 5.33. The topological polar surface area (TPSA) is 48.1 Å². The van der Waals surface area contributed by atoms with Crippen molar-refractivity contribution in [2.75, 3.05) is 52.4 Å². The van der Waals surface area contributed by atoms with E-state index in [1.165, 1.54) is 0 Å². The first-order chi connectivity index (χ1) is 7.00. The minimum atomic E-state index is 1.14. The lowest BCUT2D eigenvalue weighted by Crippen LogP contribution is -2.39.